The van der Waals surface area contributed by atoms with E-state index in [0.717, 1.165) is 60.1 Å². The largest absolute Gasteiger partial charge is 0.352 e. The highest BCUT2D eigenvalue weighted by atomic mass is 35.5. The monoisotopic (exact) mass is 810 g/mol. The molecule has 5 rings (SSSR count). The van der Waals surface area contributed by atoms with Crippen molar-refractivity contribution in [1.82, 2.24) is 10.6 Å². The molecule has 0 heterocycles. The first-order chi connectivity index (χ1) is 26.3. The smallest absolute Gasteiger partial charge is 0.251 e. The molecule has 2 amide bonds. The average molecular weight is 813 g/mol. The molecule has 0 saturated heterocycles. The maximum atomic E-state index is 14.1. The third-order valence-corrected chi connectivity index (χ3v) is 12.2. The van der Waals surface area contributed by atoms with Crippen LogP contribution in [0.25, 0.3) is 43.1 Å². The molecule has 292 valence electrons. The van der Waals surface area contributed by atoms with Crippen molar-refractivity contribution in [1.29, 1.82) is 0 Å². The van der Waals surface area contributed by atoms with Crippen LogP contribution in [0.4, 0.5) is 0 Å². The van der Waals surface area contributed by atoms with Crippen LogP contribution in [-0.2, 0) is 0 Å². The van der Waals surface area contributed by atoms with Gasteiger partial charge in [-0.15, -0.1) is 0 Å². The summed E-state index contributed by atoms with van der Waals surface area (Å²) < 4.78 is 0. The van der Waals surface area contributed by atoms with Crippen LogP contribution in [0.15, 0.2) is 36.4 Å². The molecule has 0 aliphatic rings. The predicted molar refractivity (Wildman–Crippen MR) is 236 cm³/mol. The van der Waals surface area contributed by atoms with Gasteiger partial charge in [0.25, 0.3) is 11.8 Å². The van der Waals surface area contributed by atoms with Gasteiger partial charge in [0.15, 0.2) is 0 Å². The Labute approximate surface area is 342 Å². The highest BCUT2D eigenvalue weighted by Gasteiger charge is 2.28. The van der Waals surface area contributed by atoms with Crippen LogP contribution in [0.5, 0.6) is 0 Å². The Hall–Kier alpha value is -2.50. The molecule has 0 unspecified atom stereocenters. The number of carbonyl (C=O) groups is 2. The van der Waals surface area contributed by atoms with Crippen molar-refractivity contribution in [2.75, 3.05) is 13.1 Å². The first-order valence-corrected chi connectivity index (χ1v) is 22.3. The Bertz CT molecular complexity index is 1870. The minimum atomic E-state index is -0.273. The summed E-state index contributed by atoms with van der Waals surface area (Å²) in [5.41, 5.74) is 0.679. The van der Waals surface area contributed by atoms with Crippen molar-refractivity contribution in [3.8, 4) is 0 Å². The lowest BCUT2D eigenvalue weighted by Gasteiger charge is -2.22. The molecule has 54 heavy (non-hydrogen) atoms. The quantitative estimate of drug-likeness (QED) is 0.0370. The summed E-state index contributed by atoms with van der Waals surface area (Å²) >= 11 is 28.2. The van der Waals surface area contributed by atoms with Gasteiger partial charge in [-0.1, -0.05) is 188 Å². The van der Waals surface area contributed by atoms with E-state index in [-0.39, 0.29) is 11.8 Å². The molecule has 0 aliphatic heterocycles. The number of amides is 2. The van der Waals surface area contributed by atoms with Crippen molar-refractivity contribution in [2.45, 2.75) is 142 Å². The fourth-order valence-electron chi connectivity index (χ4n) is 8.09. The lowest BCUT2D eigenvalue weighted by atomic mass is 9.86. The Morgan fingerprint density at radius 3 is 1.11 bits per heavy atom. The lowest BCUT2D eigenvalue weighted by Crippen LogP contribution is -2.27. The molecule has 8 heteroatoms. The minimum absolute atomic E-state index is 0.273. The molecule has 0 saturated carbocycles. The van der Waals surface area contributed by atoms with Gasteiger partial charge in [-0.3, -0.25) is 9.59 Å². The fraction of sp³-hybridized carbons (Fsp3) is 0.522. The summed E-state index contributed by atoms with van der Waals surface area (Å²) in [7, 11) is 0. The number of nitrogens with one attached hydrogen (secondary N) is 2. The SMILES string of the molecule is CCCCCCCCCCCCNC(=O)c1cc(Cl)c2c3c(Cl)ccc4ccc(Cl)c(c5c(Cl)cc(C(=O)NCCCCCCCCCCCC)c1c25)c43. The maximum absolute atomic E-state index is 14.1. The number of halogens is 4. The molecule has 0 atom stereocenters. The summed E-state index contributed by atoms with van der Waals surface area (Å²) in [6, 6.07) is 11.0. The number of rotatable bonds is 24. The van der Waals surface area contributed by atoms with Gasteiger partial charge < -0.3 is 10.6 Å². The standard InChI is InChI=1S/C46H58Cl4N2O2/c1-3-5-7-9-11-13-15-17-19-21-27-51-45(53)32-29-36(49)42-40-34(47)25-23-31-24-26-35(48)41(38(31)40)43-37(50)30-33(39(32)44(42)43)46(54)52-28-22-20-18-16-14-12-10-8-6-4-2/h23-26,29-30H,3-22,27-28H2,1-2H3,(H,51,53)(H,52,54). The van der Waals surface area contributed by atoms with Crippen molar-refractivity contribution < 1.29 is 9.59 Å². The first kappa shape index (κ1) is 42.6. The zero-order valence-corrected chi connectivity index (χ0v) is 35.4. The van der Waals surface area contributed by atoms with Crippen LogP contribution >= 0.6 is 46.4 Å². The highest BCUT2D eigenvalue weighted by Crippen LogP contribution is 2.50. The van der Waals surface area contributed by atoms with E-state index < -0.39 is 0 Å². The normalized spacial score (nSPS) is 11.8. The van der Waals surface area contributed by atoms with Gasteiger partial charge in [0.1, 0.15) is 0 Å². The third kappa shape index (κ3) is 10.5. The number of carbonyl (C=O) groups excluding carboxylic acids is 2. The molecule has 0 radical (unpaired) electrons. The molecule has 0 aromatic heterocycles. The van der Waals surface area contributed by atoms with E-state index in [0.29, 0.717) is 65.9 Å². The van der Waals surface area contributed by atoms with Crippen molar-refractivity contribution >= 4 is 101 Å². The highest BCUT2D eigenvalue weighted by molar-refractivity contribution is 6.54. The summed E-state index contributed by atoms with van der Waals surface area (Å²) in [5.74, 6) is -0.545. The summed E-state index contributed by atoms with van der Waals surface area (Å²) in [6.45, 7) is 5.57. The van der Waals surface area contributed by atoms with Gasteiger partial charge in [0, 0.05) is 82.0 Å². The van der Waals surface area contributed by atoms with E-state index in [2.05, 4.69) is 24.5 Å². The van der Waals surface area contributed by atoms with E-state index in [1.165, 1.54) is 89.9 Å². The van der Waals surface area contributed by atoms with E-state index in [1.54, 1.807) is 12.1 Å². The van der Waals surface area contributed by atoms with Crippen LogP contribution in [0.2, 0.25) is 20.1 Å². The van der Waals surface area contributed by atoms with Crippen LogP contribution < -0.4 is 10.6 Å². The molecule has 2 N–H and O–H groups in total. The Kier molecular flexibility index (Phi) is 17.1. The van der Waals surface area contributed by atoms with Crippen LogP contribution in [0, 0.1) is 0 Å². The molecule has 0 fully saturated rings. The molecular weight excluding hydrogens is 754 g/mol. The summed E-state index contributed by atoms with van der Waals surface area (Å²) in [4.78, 5) is 28.2. The molecular formula is C46H58Cl4N2O2. The fourth-order valence-corrected chi connectivity index (χ4v) is 9.19. The summed E-state index contributed by atoms with van der Waals surface area (Å²) in [5, 5.41) is 13.7. The van der Waals surface area contributed by atoms with Crippen LogP contribution in [0.3, 0.4) is 0 Å². The molecule has 0 aliphatic carbocycles. The molecule has 0 spiro atoms. The predicted octanol–water partition coefficient (Wildman–Crippen LogP) is 15.7. The number of fused-ring (bicyclic) bond motifs is 2. The molecule has 0 bridgehead atoms. The zero-order chi connectivity index (χ0) is 38.5. The van der Waals surface area contributed by atoms with Crippen molar-refractivity contribution in [3.63, 3.8) is 0 Å². The van der Waals surface area contributed by atoms with Crippen LogP contribution in [0.1, 0.15) is 163 Å². The summed E-state index contributed by atoms with van der Waals surface area (Å²) in [6.07, 6.45) is 24.3. The van der Waals surface area contributed by atoms with E-state index in [1.807, 2.05) is 24.3 Å². The Balaban J connectivity index is 1.40. The number of unbranched alkanes of at least 4 members (excludes halogenated alkanes) is 18. The second kappa shape index (κ2) is 21.7. The number of hydrogen-bond donors (Lipinski definition) is 2. The zero-order valence-electron chi connectivity index (χ0n) is 32.3. The topological polar surface area (TPSA) is 58.2 Å². The van der Waals surface area contributed by atoms with Gasteiger partial charge in [-0.25, -0.2) is 0 Å². The number of benzene rings is 5. The minimum Gasteiger partial charge on any atom is -0.352 e. The van der Waals surface area contributed by atoms with E-state index in [9.17, 15) is 9.59 Å². The number of hydrogen-bond acceptors (Lipinski definition) is 2. The Morgan fingerprint density at radius 1 is 0.407 bits per heavy atom. The van der Waals surface area contributed by atoms with Gasteiger partial charge in [-0.2, -0.15) is 0 Å². The third-order valence-electron chi connectivity index (χ3n) is 11.0. The van der Waals surface area contributed by atoms with E-state index in [4.69, 9.17) is 46.4 Å². The van der Waals surface area contributed by atoms with E-state index >= 15 is 0 Å². The molecule has 5 aromatic carbocycles. The van der Waals surface area contributed by atoms with Crippen molar-refractivity contribution in [3.05, 3.63) is 67.6 Å². The lowest BCUT2D eigenvalue weighted by molar-refractivity contribution is 0.0951. The Morgan fingerprint density at radius 2 is 0.741 bits per heavy atom. The van der Waals surface area contributed by atoms with Gasteiger partial charge in [-0.05, 0) is 42.5 Å². The second-order valence-electron chi connectivity index (χ2n) is 15.1. The molecule has 4 nitrogen and oxygen atoms in total. The van der Waals surface area contributed by atoms with Gasteiger partial charge in [0.05, 0.1) is 0 Å². The van der Waals surface area contributed by atoms with Crippen molar-refractivity contribution in [2.24, 2.45) is 0 Å². The van der Waals surface area contributed by atoms with Gasteiger partial charge >= 0.3 is 0 Å². The molecule has 5 aromatic rings. The first-order valence-electron chi connectivity index (χ1n) is 20.8. The maximum Gasteiger partial charge on any atom is 0.251 e. The second-order valence-corrected chi connectivity index (χ2v) is 16.8. The van der Waals surface area contributed by atoms with Gasteiger partial charge in [0.2, 0.25) is 0 Å². The van der Waals surface area contributed by atoms with Crippen LogP contribution in [-0.4, -0.2) is 24.9 Å². The average Bonchev–Trinajstić information content (AvgIpc) is 3.16.